The summed E-state index contributed by atoms with van der Waals surface area (Å²) >= 11 is 1.42. The lowest BCUT2D eigenvalue weighted by Crippen LogP contribution is -2.10. The summed E-state index contributed by atoms with van der Waals surface area (Å²) in [5.41, 5.74) is 2.94. The summed E-state index contributed by atoms with van der Waals surface area (Å²) in [6.45, 7) is 9.05. The SMILES string of the molecule is Cc1ccc(C(=O)CSc2nnc(-c3ccco3)n2CC(C)C)c(C)c1. The molecule has 1 aromatic carbocycles. The van der Waals surface area contributed by atoms with Crippen LogP contribution in [0.25, 0.3) is 11.6 Å². The van der Waals surface area contributed by atoms with E-state index in [1.165, 1.54) is 11.8 Å². The van der Waals surface area contributed by atoms with Crippen molar-refractivity contribution in [3.8, 4) is 11.6 Å². The molecule has 0 radical (unpaired) electrons. The van der Waals surface area contributed by atoms with Gasteiger partial charge in [-0.3, -0.25) is 9.36 Å². The van der Waals surface area contributed by atoms with Gasteiger partial charge < -0.3 is 4.42 Å². The minimum absolute atomic E-state index is 0.103. The molecule has 0 bridgehead atoms. The predicted molar refractivity (Wildman–Crippen MR) is 104 cm³/mol. The first-order valence-corrected chi connectivity index (χ1v) is 9.64. The van der Waals surface area contributed by atoms with E-state index in [2.05, 4.69) is 24.0 Å². The van der Waals surface area contributed by atoms with Crippen molar-refractivity contribution in [3.63, 3.8) is 0 Å². The molecule has 0 aliphatic heterocycles. The molecule has 26 heavy (non-hydrogen) atoms. The Kier molecular flexibility index (Phi) is 5.61. The van der Waals surface area contributed by atoms with Crippen molar-refractivity contribution in [2.24, 2.45) is 5.92 Å². The summed E-state index contributed by atoms with van der Waals surface area (Å²) in [6, 6.07) is 9.62. The highest BCUT2D eigenvalue weighted by Crippen LogP contribution is 2.26. The number of rotatable bonds is 7. The van der Waals surface area contributed by atoms with Crippen LogP contribution in [0.5, 0.6) is 0 Å². The van der Waals surface area contributed by atoms with E-state index >= 15 is 0 Å². The van der Waals surface area contributed by atoms with E-state index in [0.29, 0.717) is 23.3 Å². The number of carbonyl (C=O) groups is 1. The van der Waals surface area contributed by atoms with Crippen LogP contribution in [-0.2, 0) is 6.54 Å². The molecule has 2 aromatic heterocycles. The van der Waals surface area contributed by atoms with Gasteiger partial charge in [-0.25, -0.2) is 0 Å². The van der Waals surface area contributed by atoms with Gasteiger partial charge in [-0.1, -0.05) is 49.4 Å². The topological polar surface area (TPSA) is 60.9 Å². The van der Waals surface area contributed by atoms with Crippen LogP contribution in [0, 0.1) is 19.8 Å². The van der Waals surface area contributed by atoms with E-state index in [1.54, 1.807) is 6.26 Å². The molecule has 5 nitrogen and oxygen atoms in total. The predicted octanol–water partition coefficient (Wildman–Crippen LogP) is 4.79. The largest absolute Gasteiger partial charge is 0.461 e. The molecular weight excluding hydrogens is 346 g/mol. The third-order valence-electron chi connectivity index (χ3n) is 4.02. The van der Waals surface area contributed by atoms with Gasteiger partial charge in [-0.15, -0.1) is 10.2 Å². The number of aryl methyl sites for hydroxylation is 2. The molecule has 136 valence electrons. The van der Waals surface area contributed by atoms with Crippen molar-refractivity contribution >= 4 is 17.5 Å². The van der Waals surface area contributed by atoms with Crippen LogP contribution in [0.4, 0.5) is 0 Å². The molecule has 3 aromatic rings. The van der Waals surface area contributed by atoms with Gasteiger partial charge in [0.25, 0.3) is 0 Å². The van der Waals surface area contributed by atoms with Crippen LogP contribution in [0.1, 0.15) is 35.3 Å². The van der Waals surface area contributed by atoms with Crippen LogP contribution in [0.2, 0.25) is 0 Å². The Hall–Kier alpha value is -2.34. The molecule has 0 fully saturated rings. The molecule has 0 N–H and O–H groups in total. The monoisotopic (exact) mass is 369 g/mol. The maximum Gasteiger partial charge on any atom is 0.200 e. The zero-order valence-corrected chi connectivity index (χ0v) is 16.3. The Bertz CT molecular complexity index is 898. The molecule has 0 aliphatic rings. The third-order valence-corrected chi connectivity index (χ3v) is 4.99. The number of hydrogen-bond acceptors (Lipinski definition) is 5. The molecule has 0 spiro atoms. The normalized spacial score (nSPS) is 11.3. The van der Waals surface area contributed by atoms with Crippen molar-refractivity contribution < 1.29 is 9.21 Å². The second kappa shape index (κ2) is 7.91. The first-order chi connectivity index (χ1) is 12.5. The second-order valence-electron chi connectivity index (χ2n) is 6.82. The minimum Gasteiger partial charge on any atom is -0.461 e. The Morgan fingerprint density at radius 1 is 1.23 bits per heavy atom. The van der Waals surface area contributed by atoms with Crippen LogP contribution < -0.4 is 0 Å². The summed E-state index contributed by atoms with van der Waals surface area (Å²) in [5.74, 6) is 2.24. The van der Waals surface area contributed by atoms with E-state index in [-0.39, 0.29) is 5.78 Å². The number of aromatic nitrogens is 3. The number of furan rings is 1. The molecule has 0 saturated carbocycles. The van der Waals surface area contributed by atoms with Gasteiger partial charge in [-0.05, 0) is 37.5 Å². The van der Waals surface area contributed by atoms with Crippen molar-refractivity contribution in [3.05, 3.63) is 53.3 Å². The number of Topliss-reactive ketones (excluding diaryl/α,β-unsaturated/α-hetero) is 1. The van der Waals surface area contributed by atoms with Crippen LogP contribution >= 0.6 is 11.8 Å². The summed E-state index contributed by atoms with van der Waals surface area (Å²) in [4.78, 5) is 12.6. The highest BCUT2D eigenvalue weighted by atomic mass is 32.2. The number of carbonyl (C=O) groups excluding carboxylic acids is 1. The molecule has 2 heterocycles. The van der Waals surface area contributed by atoms with Gasteiger partial charge in [-0.2, -0.15) is 0 Å². The van der Waals surface area contributed by atoms with Crippen LogP contribution in [0.3, 0.4) is 0 Å². The van der Waals surface area contributed by atoms with Gasteiger partial charge in [0.1, 0.15) is 0 Å². The average Bonchev–Trinajstić information content (AvgIpc) is 3.22. The molecule has 0 aliphatic carbocycles. The van der Waals surface area contributed by atoms with Crippen molar-refractivity contribution in [2.75, 3.05) is 5.75 Å². The van der Waals surface area contributed by atoms with E-state index in [4.69, 9.17) is 4.42 Å². The van der Waals surface area contributed by atoms with Crippen molar-refractivity contribution in [1.29, 1.82) is 0 Å². The zero-order valence-electron chi connectivity index (χ0n) is 15.5. The standard InChI is InChI=1S/C20H23N3O2S/c1-13(2)11-23-19(18-6-5-9-25-18)21-22-20(23)26-12-17(24)16-8-7-14(3)10-15(16)4/h5-10,13H,11-12H2,1-4H3. The van der Waals surface area contributed by atoms with Gasteiger partial charge in [0, 0.05) is 12.1 Å². The lowest BCUT2D eigenvalue weighted by molar-refractivity contribution is 0.102. The van der Waals surface area contributed by atoms with Crippen LogP contribution in [-0.4, -0.2) is 26.3 Å². The fourth-order valence-electron chi connectivity index (χ4n) is 2.85. The molecule has 0 saturated heterocycles. The number of nitrogens with zero attached hydrogens (tertiary/aromatic N) is 3. The van der Waals surface area contributed by atoms with E-state index in [9.17, 15) is 4.79 Å². The number of thioether (sulfide) groups is 1. The van der Waals surface area contributed by atoms with Crippen molar-refractivity contribution in [1.82, 2.24) is 14.8 Å². The average molecular weight is 369 g/mol. The van der Waals surface area contributed by atoms with Gasteiger partial charge in [0.15, 0.2) is 22.5 Å². The summed E-state index contributed by atoms with van der Waals surface area (Å²) in [6.07, 6.45) is 1.63. The Morgan fingerprint density at radius 2 is 2.04 bits per heavy atom. The van der Waals surface area contributed by atoms with Crippen molar-refractivity contribution in [2.45, 2.75) is 39.4 Å². The highest BCUT2D eigenvalue weighted by Gasteiger charge is 2.19. The maximum atomic E-state index is 12.6. The second-order valence-corrected chi connectivity index (χ2v) is 7.76. The van der Waals surface area contributed by atoms with Crippen LogP contribution in [0.15, 0.2) is 46.2 Å². The molecule has 0 unspecified atom stereocenters. The fraction of sp³-hybridized carbons (Fsp3) is 0.350. The minimum atomic E-state index is 0.103. The Balaban J connectivity index is 1.80. The first kappa shape index (κ1) is 18.5. The van der Waals surface area contributed by atoms with E-state index < -0.39 is 0 Å². The number of ketones is 1. The van der Waals surface area contributed by atoms with E-state index in [1.807, 2.05) is 48.7 Å². The first-order valence-electron chi connectivity index (χ1n) is 8.66. The third kappa shape index (κ3) is 4.07. The molecule has 6 heteroatoms. The van der Waals surface area contributed by atoms with E-state index in [0.717, 1.165) is 28.4 Å². The highest BCUT2D eigenvalue weighted by molar-refractivity contribution is 7.99. The van der Waals surface area contributed by atoms with Gasteiger partial charge in [0.2, 0.25) is 0 Å². The summed E-state index contributed by atoms with van der Waals surface area (Å²) in [5, 5.41) is 9.31. The molecule has 0 atom stereocenters. The zero-order chi connectivity index (χ0) is 18.7. The fourth-order valence-corrected chi connectivity index (χ4v) is 3.68. The molecule has 0 amide bonds. The maximum absolute atomic E-state index is 12.6. The lowest BCUT2D eigenvalue weighted by atomic mass is 10.0. The van der Waals surface area contributed by atoms with Gasteiger partial charge >= 0.3 is 0 Å². The summed E-state index contributed by atoms with van der Waals surface area (Å²) < 4.78 is 7.51. The van der Waals surface area contributed by atoms with Gasteiger partial charge in [0.05, 0.1) is 12.0 Å². The molecular formula is C20H23N3O2S. The number of hydrogen-bond donors (Lipinski definition) is 0. The number of benzene rings is 1. The Labute approximate surface area is 157 Å². The Morgan fingerprint density at radius 3 is 2.69 bits per heavy atom. The smallest absolute Gasteiger partial charge is 0.200 e. The lowest BCUT2D eigenvalue weighted by Gasteiger charge is -2.11. The summed E-state index contributed by atoms with van der Waals surface area (Å²) in [7, 11) is 0. The molecule has 3 rings (SSSR count). The quantitative estimate of drug-likeness (QED) is 0.443.